The summed E-state index contributed by atoms with van der Waals surface area (Å²) in [5.41, 5.74) is 7.52. The normalized spacial score (nSPS) is 18.4. The number of rotatable bonds is 5. The van der Waals surface area contributed by atoms with Crippen LogP contribution in [-0.4, -0.2) is 30.0 Å². The Bertz CT molecular complexity index is 567. The van der Waals surface area contributed by atoms with Gasteiger partial charge in [-0.15, -0.1) is 0 Å². The molecular weight excluding hydrogens is 259 g/mol. The van der Waals surface area contributed by atoms with Crippen LogP contribution in [0.1, 0.15) is 28.8 Å². The maximum Gasteiger partial charge on any atom is 0.254 e. The maximum absolute atomic E-state index is 12.4. The summed E-state index contributed by atoms with van der Waals surface area (Å²) in [4.78, 5) is 14.1. The highest BCUT2D eigenvalue weighted by Gasteiger charge is 2.38. The molecule has 2 aliphatic rings. The van der Waals surface area contributed by atoms with Crippen LogP contribution in [0.15, 0.2) is 30.1 Å². The number of carbonyl (C=O) groups excluding carboxylic acids is 1. The maximum atomic E-state index is 12.4. The number of amides is 1. The molecule has 0 unspecified atom stereocenters. The van der Waals surface area contributed by atoms with Crippen molar-refractivity contribution in [1.29, 1.82) is 0 Å². The zero-order valence-electron chi connectivity index (χ0n) is 11.1. The average molecular weight is 276 g/mol. The molecule has 1 amide bonds. The number of carbonyl (C=O) groups is 1. The van der Waals surface area contributed by atoms with Crippen molar-refractivity contribution in [2.45, 2.75) is 25.4 Å². The molecule has 1 aromatic rings. The van der Waals surface area contributed by atoms with Gasteiger partial charge in [-0.2, -0.15) is 0 Å². The Balaban J connectivity index is 1.71. The SMILES string of the molecule is NC/C(=C\F)COc1ccc2c(c1)CN(C1CC1)C2=O. The minimum absolute atomic E-state index is 0.111. The lowest BCUT2D eigenvalue weighted by atomic mass is 10.1. The first-order valence-corrected chi connectivity index (χ1v) is 6.78. The van der Waals surface area contributed by atoms with Crippen LogP contribution in [-0.2, 0) is 6.54 Å². The summed E-state index contributed by atoms with van der Waals surface area (Å²) in [6, 6.07) is 5.82. The van der Waals surface area contributed by atoms with Crippen molar-refractivity contribution in [3.8, 4) is 5.75 Å². The largest absolute Gasteiger partial charge is 0.489 e. The van der Waals surface area contributed by atoms with Gasteiger partial charge in [0.15, 0.2) is 0 Å². The predicted molar refractivity (Wildman–Crippen MR) is 73.1 cm³/mol. The molecule has 1 fully saturated rings. The molecule has 4 nitrogen and oxygen atoms in total. The van der Waals surface area contributed by atoms with Gasteiger partial charge in [0.2, 0.25) is 0 Å². The molecule has 2 N–H and O–H groups in total. The van der Waals surface area contributed by atoms with Crippen LogP contribution in [0, 0.1) is 0 Å². The molecule has 5 heteroatoms. The topological polar surface area (TPSA) is 55.6 Å². The molecule has 0 aromatic heterocycles. The summed E-state index contributed by atoms with van der Waals surface area (Å²) in [6.07, 6.45) is 2.68. The van der Waals surface area contributed by atoms with Crippen LogP contribution in [0.3, 0.4) is 0 Å². The van der Waals surface area contributed by atoms with Crippen LogP contribution in [0.2, 0.25) is 0 Å². The standard InChI is InChI=1S/C15H17FN2O2/c16-6-10(7-17)9-20-13-3-4-14-11(5-13)8-18(15(14)19)12-1-2-12/h3-6,12H,1-2,7-9,17H2/b10-6+. The monoisotopic (exact) mass is 276 g/mol. The molecule has 106 valence electrons. The van der Waals surface area contributed by atoms with Gasteiger partial charge in [0, 0.05) is 30.3 Å². The third-order valence-corrected chi connectivity index (χ3v) is 3.74. The van der Waals surface area contributed by atoms with Crippen molar-refractivity contribution in [3.05, 3.63) is 41.2 Å². The highest BCUT2D eigenvalue weighted by molar-refractivity contribution is 5.98. The van der Waals surface area contributed by atoms with Crippen molar-refractivity contribution in [2.24, 2.45) is 5.73 Å². The summed E-state index contributed by atoms with van der Waals surface area (Å²) in [5, 5.41) is 0. The Morgan fingerprint density at radius 2 is 2.30 bits per heavy atom. The van der Waals surface area contributed by atoms with Gasteiger partial charge in [0.1, 0.15) is 12.4 Å². The van der Waals surface area contributed by atoms with Gasteiger partial charge in [0.05, 0.1) is 6.33 Å². The number of benzene rings is 1. The van der Waals surface area contributed by atoms with Gasteiger partial charge in [-0.25, -0.2) is 4.39 Å². The summed E-state index contributed by atoms with van der Waals surface area (Å²) < 4.78 is 17.9. The number of ether oxygens (including phenoxy) is 1. The molecule has 0 radical (unpaired) electrons. The number of halogens is 1. The second kappa shape index (κ2) is 5.25. The van der Waals surface area contributed by atoms with E-state index >= 15 is 0 Å². The van der Waals surface area contributed by atoms with Gasteiger partial charge in [-0.05, 0) is 36.6 Å². The van der Waals surface area contributed by atoms with E-state index in [2.05, 4.69) is 0 Å². The van der Waals surface area contributed by atoms with Crippen LogP contribution in [0.25, 0.3) is 0 Å². The van der Waals surface area contributed by atoms with E-state index in [0.29, 0.717) is 30.2 Å². The van der Waals surface area contributed by atoms with E-state index in [-0.39, 0.29) is 19.1 Å². The molecule has 0 spiro atoms. The van der Waals surface area contributed by atoms with E-state index in [9.17, 15) is 9.18 Å². The highest BCUT2D eigenvalue weighted by atomic mass is 19.1. The Labute approximate surface area is 117 Å². The van der Waals surface area contributed by atoms with Crippen molar-refractivity contribution < 1.29 is 13.9 Å². The molecule has 1 aliphatic heterocycles. The number of hydrogen-bond donors (Lipinski definition) is 1. The molecule has 20 heavy (non-hydrogen) atoms. The van der Waals surface area contributed by atoms with Crippen molar-refractivity contribution in [1.82, 2.24) is 4.90 Å². The molecule has 0 atom stereocenters. The second-order valence-electron chi connectivity index (χ2n) is 5.24. The third kappa shape index (κ3) is 2.41. The molecular formula is C15H17FN2O2. The molecule has 1 heterocycles. The third-order valence-electron chi connectivity index (χ3n) is 3.74. The van der Waals surface area contributed by atoms with Crippen molar-refractivity contribution in [3.63, 3.8) is 0 Å². The number of fused-ring (bicyclic) bond motifs is 1. The van der Waals surface area contributed by atoms with Crippen LogP contribution in [0.5, 0.6) is 5.75 Å². The molecule has 3 rings (SSSR count). The van der Waals surface area contributed by atoms with Gasteiger partial charge in [-0.3, -0.25) is 4.79 Å². The Kier molecular flexibility index (Phi) is 3.44. The Morgan fingerprint density at radius 1 is 1.50 bits per heavy atom. The first-order chi connectivity index (χ1) is 9.72. The molecule has 1 saturated carbocycles. The van der Waals surface area contributed by atoms with E-state index in [1.54, 1.807) is 12.1 Å². The predicted octanol–water partition coefficient (Wildman–Crippen LogP) is 2.00. The Morgan fingerprint density at radius 3 is 2.95 bits per heavy atom. The number of hydrogen-bond acceptors (Lipinski definition) is 3. The molecule has 1 aliphatic carbocycles. The fourth-order valence-corrected chi connectivity index (χ4v) is 2.40. The Hall–Kier alpha value is -1.88. The zero-order valence-corrected chi connectivity index (χ0v) is 11.1. The van der Waals surface area contributed by atoms with E-state index in [1.165, 1.54) is 0 Å². The average Bonchev–Trinajstić information content (AvgIpc) is 3.25. The fourth-order valence-electron chi connectivity index (χ4n) is 2.40. The molecule has 0 bridgehead atoms. The van der Waals surface area contributed by atoms with Gasteiger partial charge in [-0.1, -0.05) is 0 Å². The summed E-state index contributed by atoms with van der Waals surface area (Å²) in [7, 11) is 0. The number of nitrogens with zero attached hydrogens (tertiary/aromatic N) is 1. The summed E-state index contributed by atoms with van der Waals surface area (Å²) in [6.45, 7) is 0.917. The minimum Gasteiger partial charge on any atom is -0.489 e. The second-order valence-corrected chi connectivity index (χ2v) is 5.24. The minimum atomic E-state index is 0.111. The van der Waals surface area contributed by atoms with Crippen LogP contribution in [0.4, 0.5) is 4.39 Å². The lowest BCUT2D eigenvalue weighted by Gasteiger charge is -2.13. The first kappa shape index (κ1) is 13.1. The smallest absolute Gasteiger partial charge is 0.254 e. The van der Waals surface area contributed by atoms with E-state index in [4.69, 9.17) is 10.5 Å². The van der Waals surface area contributed by atoms with Gasteiger partial charge in [0.25, 0.3) is 5.91 Å². The van der Waals surface area contributed by atoms with Crippen molar-refractivity contribution >= 4 is 5.91 Å². The van der Waals surface area contributed by atoms with Gasteiger partial charge >= 0.3 is 0 Å². The fraction of sp³-hybridized carbons (Fsp3) is 0.400. The molecule has 0 saturated heterocycles. The quantitative estimate of drug-likeness (QED) is 0.895. The molecule has 1 aromatic carbocycles. The first-order valence-electron chi connectivity index (χ1n) is 6.78. The highest BCUT2D eigenvalue weighted by Crippen LogP contribution is 2.35. The lowest BCUT2D eigenvalue weighted by Crippen LogP contribution is -2.25. The van der Waals surface area contributed by atoms with E-state index in [0.717, 1.165) is 24.0 Å². The lowest BCUT2D eigenvalue weighted by molar-refractivity contribution is 0.0766. The summed E-state index contributed by atoms with van der Waals surface area (Å²) in [5.74, 6) is 0.752. The van der Waals surface area contributed by atoms with Crippen LogP contribution < -0.4 is 10.5 Å². The zero-order chi connectivity index (χ0) is 14.1. The van der Waals surface area contributed by atoms with E-state index < -0.39 is 0 Å². The van der Waals surface area contributed by atoms with Crippen molar-refractivity contribution in [2.75, 3.05) is 13.2 Å². The van der Waals surface area contributed by atoms with Gasteiger partial charge < -0.3 is 15.4 Å². The number of nitrogens with two attached hydrogens (primary N) is 1. The summed E-state index contributed by atoms with van der Waals surface area (Å²) >= 11 is 0. The van der Waals surface area contributed by atoms with E-state index in [1.807, 2.05) is 11.0 Å². The van der Waals surface area contributed by atoms with Crippen LogP contribution >= 0.6 is 0 Å².